The highest BCUT2D eigenvalue weighted by molar-refractivity contribution is 5.77. The van der Waals surface area contributed by atoms with Crippen LogP contribution in [-0.4, -0.2) is 33.8 Å². The zero-order valence-corrected chi connectivity index (χ0v) is 15.6. The fourth-order valence-corrected chi connectivity index (χ4v) is 2.55. The molecule has 6 heteroatoms. The molecule has 6 nitrogen and oxygen atoms in total. The minimum atomic E-state index is 0.436. The van der Waals surface area contributed by atoms with Gasteiger partial charge in [0, 0.05) is 6.54 Å². The highest BCUT2D eigenvalue weighted by Gasteiger charge is 2.04. The number of methoxy groups -OCH3 is 3. The van der Waals surface area contributed by atoms with Gasteiger partial charge in [-0.05, 0) is 48.2 Å². The van der Waals surface area contributed by atoms with Crippen LogP contribution in [0.1, 0.15) is 17.5 Å². The van der Waals surface area contributed by atoms with Gasteiger partial charge in [0.15, 0.2) is 17.5 Å². The van der Waals surface area contributed by atoms with Gasteiger partial charge in [0.05, 0.1) is 27.9 Å². The first kappa shape index (κ1) is 19.4. The SMILES string of the molecule is COc1cccc(CCCNC(N)=NCc2ccc(OC)c(OC)c2)c1. The van der Waals surface area contributed by atoms with Gasteiger partial charge in [-0.15, -0.1) is 0 Å². The first-order chi connectivity index (χ1) is 12.7. The lowest BCUT2D eigenvalue weighted by molar-refractivity contribution is 0.354. The van der Waals surface area contributed by atoms with E-state index in [2.05, 4.69) is 22.4 Å². The Labute approximate surface area is 155 Å². The van der Waals surface area contributed by atoms with E-state index < -0.39 is 0 Å². The maximum atomic E-state index is 5.94. The Balaban J connectivity index is 1.77. The Morgan fingerprint density at radius 3 is 2.50 bits per heavy atom. The summed E-state index contributed by atoms with van der Waals surface area (Å²) >= 11 is 0. The second-order valence-electron chi connectivity index (χ2n) is 5.77. The van der Waals surface area contributed by atoms with Crippen molar-refractivity contribution in [1.29, 1.82) is 0 Å². The number of nitrogens with two attached hydrogens (primary N) is 1. The standard InChI is InChI=1S/C20H27N3O3/c1-24-17-8-4-6-15(12-17)7-5-11-22-20(21)23-14-16-9-10-18(25-2)19(13-16)26-3/h4,6,8-10,12-13H,5,7,11,14H2,1-3H3,(H3,21,22,23). The number of aliphatic imine (C=N–C) groups is 1. The molecule has 140 valence electrons. The normalized spacial score (nSPS) is 11.1. The molecule has 0 atom stereocenters. The van der Waals surface area contributed by atoms with Crippen LogP contribution in [0, 0.1) is 0 Å². The predicted molar refractivity (Wildman–Crippen MR) is 104 cm³/mol. The van der Waals surface area contributed by atoms with Gasteiger partial charge >= 0.3 is 0 Å². The quantitative estimate of drug-likeness (QED) is 0.410. The van der Waals surface area contributed by atoms with Crippen molar-refractivity contribution < 1.29 is 14.2 Å². The smallest absolute Gasteiger partial charge is 0.188 e. The summed E-state index contributed by atoms with van der Waals surface area (Å²) in [6.45, 7) is 1.24. The number of rotatable bonds is 9. The summed E-state index contributed by atoms with van der Waals surface area (Å²) in [6, 6.07) is 13.8. The van der Waals surface area contributed by atoms with Crippen LogP contribution in [0.4, 0.5) is 0 Å². The molecular formula is C20H27N3O3. The van der Waals surface area contributed by atoms with E-state index in [-0.39, 0.29) is 0 Å². The van der Waals surface area contributed by atoms with Crippen LogP contribution in [0.5, 0.6) is 17.2 Å². The largest absolute Gasteiger partial charge is 0.497 e. The molecule has 0 aliphatic carbocycles. The van der Waals surface area contributed by atoms with Gasteiger partial charge in [-0.1, -0.05) is 18.2 Å². The van der Waals surface area contributed by atoms with Crippen molar-refractivity contribution >= 4 is 5.96 Å². The minimum absolute atomic E-state index is 0.436. The molecule has 2 aromatic rings. The Morgan fingerprint density at radius 2 is 1.77 bits per heavy atom. The first-order valence-corrected chi connectivity index (χ1v) is 8.54. The van der Waals surface area contributed by atoms with E-state index in [1.54, 1.807) is 21.3 Å². The highest BCUT2D eigenvalue weighted by Crippen LogP contribution is 2.27. The number of guanidine groups is 1. The van der Waals surface area contributed by atoms with Crippen molar-refractivity contribution in [2.45, 2.75) is 19.4 Å². The molecule has 0 heterocycles. The predicted octanol–water partition coefficient (Wildman–Crippen LogP) is 2.75. The van der Waals surface area contributed by atoms with E-state index in [1.165, 1.54) is 5.56 Å². The van der Waals surface area contributed by atoms with Crippen LogP contribution < -0.4 is 25.3 Å². The zero-order valence-electron chi connectivity index (χ0n) is 15.6. The van der Waals surface area contributed by atoms with Crippen LogP contribution in [0.3, 0.4) is 0 Å². The molecule has 0 fully saturated rings. The number of hydrogen-bond donors (Lipinski definition) is 2. The Morgan fingerprint density at radius 1 is 0.962 bits per heavy atom. The van der Waals surface area contributed by atoms with Crippen molar-refractivity contribution in [3.63, 3.8) is 0 Å². The fraction of sp³-hybridized carbons (Fsp3) is 0.350. The molecule has 26 heavy (non-hydrogen) atoms. The third-order valence-electron chi connectivity index (χ3n) is 3.96. The Bertz CT molecular complexity index is 732. The summed E-state index contributed by atoms with van der Waals surface area (Å²) in [4.78, 5) is 4.36. The van der Waals surface area contributed by atoms with Gasteiger partial charge in [0.1, 0.15) is 5.75 Å². The Kier molecular flexibility index (Phi) is 7.61. The van der Waals surface area contributed by atoms with Crippen LogP contribution in [0.25, 0.3) is 0 Å². The zero-order chi connectivity index (χ0) is 18.8. The molecule has 0 spiro atoms. The number of aryl methyl sites for hydroxylation is 1. The van der Waals surface area contributed by atoms with Crippen LogP contribution in [0.15, 0.2) is 47.5 Å². The van der Waals surface area contributed by atoms with Crippen molar-refractivity contribution in [1.82, 2.24) is 5.32 Å². The van der Waals surface area contributed by atoms with Crippen LogP contribution in [-0.2, 0) is 13.0 Å². The summed E-state index contributed by atoms with van der Waals surface area (Å²) < 4.78 is 15.8. The van der Waals surface area contributed by atoms with Crippen LogP contribution in [0.2, 0.25) is 0 Å². The van der Waals surface area contributed by atoms with Crippen molar-refractivity contribution in [3.8, 4) is 17.2 Å². The van der Waals surface area contributed by atoms with E-state index >= 15 is 0 Å². The number of benzene rings is 2. The molecule has 0 radical (unpaired) electrons. The molecule has 0 aromatic heterocycles. The molecule has 2 rings (SSSR count). The van der Waals surface area contributed by atoms with Crippen molar-refractivity contribution in [2.24, 2.45) is 10.7 Å². The van der Waals surface area contributed by atoms with Gasteiger partial charge in [-0.2, -0.15) is 0 Å². The van der Waals surface area contributed by atoms with E-state index in [0.29, 0.717) is 24.0 Å². The van der Waals surface area contributed by atoms with Crippen molar-refractivity contribution in [3.05, 3.63) is 53.6 Å². The number of nitrogens with zero attached hydrogens (tertiary/aromatic N) is 1. The molecule has 0 aliphatic heterocycles. The average molecular weight is 357 g/mol. The second kappa shape index (κ2) is 10.2. The molecule has 0 aliphatic rings. The van der Waals surface area contributed by atoms with E-state index in [1.807, 2.05) is 30.3 Å². The number of nitrogens with one attached hydrogen (secondary N) is 1. The molecule has 0 saturated heterocycles. The Hall–Kier alpha value is -2.89. The lowest BCUT2D eigenvalue weighted by Crippen LogP contribution is -2.32. The summed E-state index contributed by atoms with van der Waals surface area (Å²) in [6.07, 6.45) is 1.91. The maximum absolute atomic E-state index is 5.94. The van der Waals surface area contributed by atoms with Crippen LogP contribution >= 0.6 is 0 Å². The summed E-state index contributed by atoms with van der Waals surface area (Å²) in [5.74, 6) is 2.70. The minimum Gasteiger partial charge on any atom is -0.497 e. The highest BCUT2D eigenvalue weighted by atomic mass is 16.5. The fourth-order valence-electron chi connectivity index (χ4n) is 2.55. The summed E-state index contributed by atoms with van der Waals surface area (Å²) in [5, 5.41) is 3.14. The van der Waals surface area contributed by atoms with E-state index in [4.69, 9.17) is 19.9 Å². The van der Waals surface area contributed by atoms with Gasteiger partial charge in [0.25, 0.3) is 0 Å². The molecule has 3 N–H and O–H groups in total. The second-order valence-corrected chi connectivity index (χ2v) is 5.77. The third-order valence-corrected chi connectivity index (χ3v) is 3.96. The monoisotopic (exact) mass is 357 g/mol. The van der Waals surface area contributed by atoms with Gasteiger partial charge in [-0.25, -0.2) is 4.99 Å². The molecular weight excluding hydrogens is 330 g/mol. The topological polar surface area (TPSA) is 78.1 Å². The molecule has 0 amide bonds. The van der Waals surface area contributed by atoms with E-state index in [9.17, 15) is 0 Å². The van der Waals surface area contributed by atoms with Gasteiger partial charge in [0.2, 0.25) is 0 Å². The molecule has 0 bridgehead atoms. The van der Waals surface area contributed by atoms with Gasteiger partial charge in [-0.3, -0.25) is 0 Å². The number of ether oxygens (including phenoxy) is 3. The molecule has 0 saturated carbocycles. The van der Waals surface area contributed by atoms with E-state index in [0.717, 1.165) is 30.7 Å². The lowest BCUT2D eigenvalue weighted by Gasteiger charge is -2.09. The molecule has 2 aromatic carbocycles. The maximum Gasteiger partial charge on any atom is 0.188 e. The average Bonchev–Trinajstić information content (AvgIpc) is 2.69. The number of hydrogen-bond acceptors (Lipinski definition) is 4. The molecule has 0 unspecified atom stereocenters. The van der Waals surface area contributed by atoms with Crippen molar-refractivity contribution in [2.75, 3.05) is 27.9 Å². The van der Waals surface area contributed by atoms with Gasteiger partial charge < -0.3 is 25.3 Å². The third kappa shape index (κ3) is 5.88. The summed E-state index contributed by atoms with van der Waals surface area (Å²) in [7, 11) is 4.91. The summed E-state index contributed by atoms with van der Waals surface area (Å²) in [5.41, 5.74) is 8.18. The first-order valence-electron chi connectivity index (χ1n) is 8.54. The lowest BCUT2D eigenvalue weighted by atomic mass is 10.1.